The van der Waals surface area contributed by atoms with Gasteiger partial charge in [-0.15, -0.1) is 0 Å². The van der Waals surface area contributed by atoms with E-state index in [4.69, 9.17) is 14.9 Å². The molecule has 9 heteroatoms. The quantitative estimate of drug-likeness (QED) is 0.0271. The number of aliphatic hydroxyl groups is 1. The van der Waals surface area contributed by atoms with Crippen LogP contribution in [0.4, 0.5) is 0 Å². The second kappa shape index (κ2) is 49.0. The maximum atomic E-state index is 12.9. The molecule has 9 nitrogen and oxygen atoms in total. The molecule has 0 rings (SSSR count). The lowest BCUT2D eigenvalue weighted by molar-refractivity contribution is -0.150. The summed E-state index contributed by atoms with van der Waals surface area (Å²) in [6, 6.07) is -1.38. The van der Waals surface area contributed by atoms with E-state index >= 15 is 0 Å². The molecule has 0 aliphatic carbocycles. The third-order valence-electron chi connectivity index (χ3n) is 12.5. The second-order valence-corrected chi connectivity index (χ2v) is 18.7. The largest absolute Gasteiger partial charge is 0.480 e. The number of allylic oxidation sites excluding steroid dienone is 2. The van der Waals surface area contributed by atoms with Crippen LogP contribution in [0.5, 0.6) is 0 Å². The maximum Gasteiger partial charge on any atom is 0.328 e. The number of hydrogen-bond acceptors (Lipinski definition) is 6. The number of aliphatic hydroxyl groups excluding tert-OH is 1. The van der Waals surface area contributed by atoms with Crippen molar-refractivity contribution in [2.45, 2.75) is 296 Å². The predicted molar refractivity (Wildman–Crippen MR) is 264 cm³/mol. The highest BCUT2D eigenvalue weighted by atomic mass is 16.5. The summed E-state index contributed by atoms with van der Waals surface area (Å²) in [4.78, 5) is 47.8. The van der Waals surface area contributed by atoms with E-state index in [-0.39, 0.29) is 24.5 Å². The average Bonchev–Trinajstić information content (AvgIpc) is 3.27. The Morgan fingerprint density at radius 1 is 0.460 bits per heavy atom. The first-order valence-electron chi connectivity index (χ1n) is 27.1. The number of aliphatic carboxylic acids is 1. The monoisotopic (exact) mass is 891 g/mol. The highest BCUT2D eigenvalue weighted by Gasteiger charge is 2.19. The molecule has 0 aliphatic rings. The minimum atomic E-state index is -1.38. The zero-order valence-electron chi connectivity index (χ0n) is 41.4. The summed E-state index contributed by atoms with van der Waals surface area (Å²) < 4.78 is 6.06. The number of carboxylic acids is 1. The van der Waals surface area contributed by atoms with Gasteiger partial charge in [0.2, 0.25) is 11.8 Å². The summed E-state index contributed by atoms with van der Waals surface area (Å²) in [6.07, 6.45) is 55.5. The lowest BCUT2D eigenvalue weighted by atomic mass is 10.0. The van der Waals surface area contributed by atoms with E-state index in [0.717, 1.165) is 70.6 Å². The van der Waals surface area contributed by atoms with Crippen LogP contribution >= 0.6 is 0 Å². The molecule has 0 spiro atoms. The minimum Gasteiger partial charge on any atom is -0.480 e. The van der Waals surface area contributed by atoms with Crippen LogP contribution in [0.25, 0.3) is 0 Å². The summed E-state index contributed by atoms with van der Waals surface area (Å²) in [6.45, 7) is 3.52. The van der Waals surface area contributed by atoms with Crippen LogP contribution < -0.4 is 10.6 Å². The zero-order valence-corrected chi connectivity index (χ0v) is 41.4. The minimum absolute atomic E-state index is 0.0400. The molecule has 370 valence electrons. The van der Waals surface area contributed by atoms with Gasteiger partial charge in [0.15, 0.2) is 0 Å². The topological polar surface area (TPSA) is 142 Å². The Bertz CT molecular complexity index is 1070. The van der Waals surface area contributed by atoms with Crippen LogP contribution in [0, 0.1) is 0 Å². The van der Waals surface area contributed by atoms with Crippen LogP contribution in [0.1, 0.15) is 284 Å². The van der Waals surface area contributed by atoms with Gasteiger partial charge >= 0.3 is 11.9 Å². The fourth-order valence-corrected chi connectivity index (χ4v) is 8.37. The van der Waals surface area contributed by atoms with Gasteiger partial charge in [0.25, 0.3) is 0 Å². The summed E-state index contributed by atoms with van der Waals surface area (Å²) >= 11 is 0. The number of amides is 2. The fraction of sp³-hybridized carbons (Fsp3) is 0.889. The van der Waals surface area contributed by atoms with Crippen LogP contribution in [0.2, 0.25) is 0 Å². The molecule has 0 saturated carbocycles. The highest BCUT2D eigenvalue weighted by Crippen LogP contribution is 2.19. The van der Waals surface area contributed by atoms with E-state index in [9.17, 15) is 19.2 Å². The number of nitrogens with one attached hydrogen (secondary N) is 2. The van der Waals surface area contributed by atoms with Crippen molar-refractivity contribution in [2.24, 2.45) is 0 Å². The van der Waals surface area contributed by atoms with Gasteiger partial charge in [0.1, 0.15) is 12.1 Å². The van der Waals surface area contributed by atoms with Crippen molar-refractivity contribution >= 4 is 23.8 Å². The van der Waals surface area contributed by atoms with Crippen LogP contribution in [-0.4, -0.2) is 59.3 Å². The highest BCUT2D eigenvalue weighted by molar-refractivity contribution is 5.87. The van der Waals surface area contributed by atoms with Crippen molar-refractivity contribution in [2.75, 3.05) is 13.2 Å². The smallest absolute Gasteiger partial charge is 0.328 e. The van der Waals surface area contributed by atoms with Crippen molar-refractivity contribution in [3.63, 3.8) is 0 Å². The standard InChI is InChI=1S/C54H102N2O7/c1-3-5-7-9-11-13-15-17-18-19-20-21-22-23-24-25-27-29-31-33-38-42-46-53(60)63-49(43-39-35-32-30-28-26-16-14-12-10-8-6-4-2)44-40-36-34-37-41-45-51(58)55-47-52(59)56-50(48-57)54(61)62/h30,32,49-50,57H,3-29,31,33-48H2,1-2H3,(H,55,58)(H,56,59)(H,61,62)/b32-30-. The molecule has 0 heterocycles. The summed E-state index contributed by atoms with van der Waals surface area (Å²) in [5.74, 6) is -2.29. The molecule has 4 N–H and O–H groups in total. The Morgan fingerprint density at radius 3 is 1.25 bits per heavy atom. The average molecular weight is 891 g/mol. The van der Waals surface area contributed by atoms with Crippen molar-refractivity contribution < 1.29 is 34.1 Å². The van der Waals surface area contributed by atoms with Gasteiger partial charge in [-0.05, 0) is 57.8 Å². The van der Waals surface area contributed by atoms with Gasteiger partial charge in [-0.25, -0.2) is 4.79 Å². The molecule has 2 unspecified atom stereocenters. The number of rotatable bonds is 50. The first-order valence-corrected chi connectivity index (χ1v) is 27.1. The second-order valence-electron chi connectivity index (χ2n) is 18.7. The molecular weight excluding hydrogens is 789 g/mol. The van der Waals surface area contributed by atoms with Crippen LogP contribution in [0.3, 0.4) is 0 Å². The Labute approximate surface area is 388 Å². The normalized spacial score (nSPS) is 12.4. The maximum absolute atomic E-state index is 12.9. The third kappa shape index (κ3) is 45.9. The molecule has 2 atom stereocenters. The van der Waals surface area contributed by atoms with E-state index in [1.165, 1.54) is 180 Å². The molecule has 0 aromatic carbocycles. The Morgan fingerprint density at radius 2 is 0.825 bits per heavy atom. The third-order valence-corrected chi connectivity index (χ3v) is 12.5. The Kier molecular flexibility index (Phi) is 47.1. The van der Waals surface area contributed by atoms with Crippen molar-refractivity contribution in [3.05, 3.63) is 12.2 Å². The van der Waals surface area contributed by atoms with Gasteiger partial charge in [-0.3, -0.25) is 14.4 Å². The van der Waals surface area contributed by atoms with Crippen molar-refractivity contribution in [1.29, 1.82) is 0 Å². The fourth-order valence-electron chi connectivity index (χ4n) is 8.37. The number of hydrogen-bond donors (Lipinski definition) is 4. The number of carboxylic acid groups (broad SMARTS) is 1. The molecule has 0 aromatic heterocycles. The number of carbonyl (C=O) groups is 4. The van der Waals surface area contributed by atoms with Crippen LogP contribution in [-0.2, 0) is 23.9 Å². The summed E-state index contributed by atoms with van der Waals surface area (Å²) in [5, 5.41) is 22.6. The van der Waals surface area contributed by atoms with E-state index in [1.54, 1.807) is 0 Å². The van der Waals surface area contributed by atoms with Gasteiger partial charge in [0.05, 0.1) is 13.2 Å². The number of unbranched alkanes of at least 4 members (excludes halogenated alkanes) is 34. The lowest BCUT2D eigenvalue weighted by Gasteiger charge is -2.18. The van der Waals surface area contributed by atoms with E-state index in [2.05, 4.69) is 36.6 Å². The molecule has 2 amide bonds. The van der Waals surface area contributed by atoms with E-state index in [0.29, 0.717) is 19.3 Å². The number of ether oxygens (including phenoxy) is 1. The molecular formula is C54H102N2O7. The first kappa shape index (κ1) is 60.6. The zero-order chi connectivity index (χ0) is 46.1. The van der Waals surface area contributed by atoms with E-state index in [1.807, 2.05) is 0 Å². The molecule has 0 saturated heterocycles. The molecule has 0 aliphatic heterocycles. The van der Waals surface area contributed by atoms with Crippen molar-refractivity contribution in [3.8, 4) is 0 Å². The molecule has 63 heavy (non-hydrogen) atoms. The summed E-state index contributed by atoms with van der Waals surface area (Å²) in [7, 11) is 0. The molecule has 0 radical (unpaired) electrons. The van der Waals surface area contributed by atoms with Gasteiger partial charge in [-0.1, -0.05) is 225 Å². The predicted octanol–water partition coefficient (Wildman–Crippen LogP) is 14.6. The molecule has 0 fully saturated rings. The van der Waals surface area contributed by atoms with Gasteiger partial charge < -0.3 is 25.6 Å². The lowest BCUT2D eigenvalue weighted by Crippen LogP contribution is -2.47. The Balaban J connectivity index is 4.20. The Hall–Kier alpha value is -2.42. The number of carbonyl (C=O) groups excluding carboxylic acids is 3. The first-order chi connectivity index (χ1) is 30.8. The molecule has 0 bridgehead atoms. The van der Waals surface area contributed by atoms with Gasteiger partial charge in [0, 0.05) is 12.8 Å². The SMILES string of the molecule is CCCCCCCCCC/C=C\CCCC(CCCCCCCC(=O)NCC(=O)NC(CO)C(=O)O)OC(=O)CCCCCCCCCCCCCCCCCCCCCCCC. The summed E-state index contributed by atoms with van der Waals surface area (Å²) in [5.41, 5.74) is 0. The van der Waals surface area contributed by atoms with Crippen LogP contribution in [0.15, 0.2) is 12.2 Å². The van der Waals surface area contributed by atoms with Gasteiger partial charge in [-0.2, -0.15) is 0 Å². The van der Waals surface area contributed by atoms with E-state index < -0.39 is 24.5 Å². The van der Waals surface area contributed by atoms with Crippen molar-refractivity contribution in [1.82, 2.24) is 10.6 Å². The number of esters is 1. The molecule has 0 aromatic rings.